The van der Waals surface area contributed by atoms with E-state index in [1.165, 1.54) is 5.56 Å². The number of nitrogens with two attached hydrogens (primary N) is 1. The topological polar surface area (TPSA) is 70.4 Å². The quantitative estimate of drug-likeness (QED) is 0.759. The van der Waals surface area contributed by atoms with Crippen molar-refractivity contribution in [1.29, 1.82) is 0 Å². The smallest absolute Gasteiger partial charge is 0.231 e. The number of benzene rings is 1. The van der Waals surface area contributed by atoms with Gasteiger partial charge in [-0.05, 0) is 43.0 Å². The Kier molecular flexibility index (Phi) is 3.50. The first kappa shape index (κ1) is 13.5. The van der Waals surface area contributed by atoms with Crippen LogP contribution in [-0.4, -0.2) is 25.5 Å². The zero-order valence-electron chi connectivity index (χ0n) is 12.0. The SMILES string of the molecule is CC1NNC(c2ccc3c(c2)CC(=O)N3C)C1CCN. The lowest BCUT2D eigenvalue weighted by Crippen LogP contribution is -2.29. The number of hydrazine groups is 1. The second-order valence-corrected chi connectivity index (χ2v) is 5.81. The molecule has 4 N–H and O–H groups in total. The predicted octanol–water partition coefficient (Wildman–Crippen LogP) is 0.708. The molecule has 1 aromatic carbocycles. The van der Waals surface area contributed by atoms with Crippen LogP contribution < -0.4 is 21.5 Å². The van der Waals surface area contributed by atoms with E-state index in [1.54, 1.807) is 4.90 Å². The van der Waals surface area contributed by atoms with E-state index in [2.05, 4.69) is 36.0 Å². The van der Waals surface area contributed by atoms with Gasteiger partial charge in [-0.25, -0.2) is 5.43 Å². The summed E-state index contributed by atoms with van der Waals surface area (Å²) < 4.78 is 0. The molecule has 3 unspecified atom stereocenters. The molecule has 1 saturated heterocycles. The van der Waals surface area contributed by atoms with E-state index in [9.17, 15) is 4.79 Å². The number of nitrogens with one attached hydrogen (secondary N) is 2. The maximum atomic E-state index is 11.8. The van der Waals surface area contributed by atoms with Crippen LogP contribution in [0.4, 0.5) is 5.69 Å². The predicted molar refractivity (Wildman–Crippen MR) is 79.2 cm³/mol. The fourth-order valence-corrected chi connectivity index (χ4v) is 3.35. The number of anilines is 1. The Hall–Kier alpha value is -1.43. The Morgan fingerprint density at radius 3 is 2.95 bits per heavy atom. The minimum atomic E-state index is 0.168. The van der Waals surface area contributed by atoms with Gasteiger partial charge in [-0.1, -0.05) is 12.1 Å². The van der Waals surface area contributed by atoms with Gasteiger partial charge in [0.2, 0.25) is 5.91 Å². The fourth-order valence-electron chi connectivity index (χ4n) is 3.35. The van der Waals surface area contributed by atoms with Crippen molar-refractivity contribution < 1.29 is 4.79 Å². The van der Waals surface area contributed by atoms with E-state index >= 15 is 0 Å². The summed E-state index contributed by atoms with van der Waals surface area (Å²) in [6.07, 6.45) is 1.50. The van der Waals surface area contributed by atoms with Gasteiger partial charge < -0.3 is 10.6 Å². The van der Waals surface area contributed by atoms with Crippen LogP contribution in [-0.2, 0) is 11.2 Å². The summed E-state index contributed by atoms with van der Waals surface area (Å²) in [4.78, 5) is 13.5. The molecule has 1 fully saturated rings. The van der Waals surface area contributed by atoms with Crippen LogP contribution in [0.1, 0.15) is 30.5 Å². The third kappa shape index (κ3) is 2.12. The molecule has 5 heteroatoms. The number of carbonyl (C=O) groups excluding carboxylic acids is 1. The van der Waals surface area contributed by atoms with E-state index in [0.717, 1.165) is 17.7 Å². The molecule has 1 amide bonds. The third-order valence-electron chi connectivity index (χ3n) is 4.58. The summed E-state index contributed by atoms with van der Waals surface area (Å²) in [6.45, 7) is 2.87. The van der Waals surface area contributed by atoms with Gasteiger partial charge in [0.15, 0.2) is 0 Å². The van der Waals surface area contributed by atoms with Crippen LogP contribution in [0.3, 0.4) is 0 Å². The van der Waals surface area contributed by atoms with E-state index in [1.807, 2.05) is 7.05 Å². The molecule has 2 aliphatic heterocycles. The van der Waals surface area contributed by atoms with Crippen molar-refractivity contribution in [3.05, 3.63) is 29.3 Å². The zero-order chi connectivity index (χ0) is 14.3. The Labute approximate surface area is 119 Å². The van der Waals surface area contributed by atoms with Crippen LogP contribution in [0, 0.1) is 5.92 Å². The highest BCUT2D eigenvalue weighted by Crippen LogP contribution is 2.35. The highest BCUT2D eigenvalue weighted by Gasteiger charge is 2.34. The maximum Gasteiger partial charge on any atom is 0.231 e. The second kappa shape index (κ2) is 5.16. The molecule has 5 nitrogen and oxygen atoms in total. The highest BCUT2D eigenvalue weighted by atomic mass is 16.2. The van der Waals surface area contributed by atoms with Crippen molar-refractivity contribution in [3.63, 3.8) is 0 Å². The summed E-state index contributed by atoms with van der Waals surface area (Å²) in [5.74, 6) is 0.648. The lowest BCUT2D eigenvalue weighted by Gasteiger charge is -2.21. The van der Waals surface area contributed by atoms with Gasteiger partial charge in [-0.3, -0.25) is 10.2 Å². The normalized spacial score (nSPS) is 29.1. The summed E-state index contributed by atoms with van der Waals surface area (Å²) in [5, 5.41) is 0. The molecule has 0 spiro atoms. The van der Waals surface area contributed by atoms with Gasteiger partial charge in [0.1, 0.15) is 0 Å². The van der Waals surface area contributed by atoms with Gasteiger partial charge in [-0.2, -0.15) is 0 Å². The van der Waals surface area contributed by atoms with Crippen molar-refractivity contribution in [2.45, 2.75) is 31.8 Å². The van der Waals surface area contributed by atoms with Crippen LogP contribution in [0.5, 0.6) is 0 Å². The number of amides is 1. The summed E-state index contributed by atoms with van der Waals surface area (Å²) in [7, 11) is 1.84. The number of hydrogen-bond acceptors (Lipinski definition) is 4. The van der Waals surface area contributed by atoms with Crippen LogP contribution in [0.2, 0.25) is 0 Å². The number of nitrogens with zero attached hydrogens (tertiary/aromatic N) is 1. The Balaban J connectivity index is 1.88. The first-order valence-corrected chi connectivity index (χ1v) is 7.22. The Bertz CT molecular complexity index is 531. The number of carbonyl (C=O) groups is 1. The van der Waals surface area contributed by atoms with E-state index in [4.69, 9.17) is 5.73 Å². The molecule has 3 atom stereocenters. The summed E-state index contributed by atoms with van der Waals surface area (Å²) >= 11 is 0. The van der Waals surface area contributed by atoms with Gasteiger partial charge in [0.05, 0.1) is 12.5 Å². The molecule has 3 rings (SSSR count). The third-order valence-corrected chi connectivity index (χ3v) is 4.58. The Morgan fingerprint density at radius 2 is 2.20 bits per heavy atom. The first-order chi connectivity index (χ1) is 9.61. The largest absolute Gasteiger partial charge is 0.330 e. The van der Waals surface area contributed by atoms with Crippen molar-refractivity contribution in [2.75, 3.05) is 18.5 Å². The van der Waals surface area contributed by atoms with Gasteiger partial charge in [0.25, 0.3) is 0 Å². The van der Waals surface area contributed by atoms with Crippen LogP contribution in [0.15, 0.2) is 18.2 Å². The zero-order valence-corrected chi connectivity index (χ0v) is 12.0. The molecule has 108 valence electrons. The Morgan fingerprint density at radius 1 is 1.40 bits per heavy atom. The standard InChI is InChI=1S/C15H22N4O/c1-9-12(5-6-16)15(18-17-9)10-3-4-13-11(7-10)8-14(20)19(13)2/h3-4,7,9,12,15,17-18H,5-6,8,16H2,1-2H3. The lowest BCUT2D eigenvalue weighted by atomic mass is 9.87. The summed E-state index contributed by atoms with van der Waals surface area (Å²) in [6, 6.07) is 7.01. The van der Waals surface area contributed by atoms with E-state index < -0.39 is 0 Å². The average molecular weight is 274 g/mol. The molecular formula is C15H22N4O. The lowest BCUT2D eigenvalue weighted by molar-refractivity contribution is -0.117. The highest BCUT2D eigenvalue weighted by molar-refractivity contribution is 6.00. The molecule has 0 aromatic heterocycles. The summed E-state index contributed by atoms with van der Waals surface area (Å²) in [5.41, 5.74) is 15.8. The molecule has 0 saturated carbocycles. The number of fused-ring (bicyclic) bond motifs is 1. The monoisotopic (exact) mass is 274 g/mol. The van der Waals surface area contributed by atoms with Crippen molar-refractivity contribution >= 4 is 11.6 Å². The van der Waals surface area contributed by atoms with Crippen molar-refractivity contribution in [2.24, 2.45) is 11.7 Å². The second-order valence-electron chi connectivity index (χ2n) is 5.81. The minimum absolute atomic E-state index is 0.168. The maximum absolute atomic E-state index is 11.8. The van der Waals surface area contributed by atoms with Crippen LogP contribution >= 0.6 is 0 Å². The van der Waals surface area contributed by atoms with Crippen molar-refractivity contribution in [1.82, 2.24) is 10.9 Å². The molecule has 0 radical (unpaired) electrons. The number of hydrogen-bond donors (Lipinski definition) is 3. The van der Waals surface area contributed by atoms with E-state index in [0.29, 0.717) is 24.9 Å². The average Bonchev–Trinajstić information content (AvgIpc) is 2.92. The molecule has 0 aliphatic carbocycles. The van der Waals surface area contributed by atoms with Crippen molar-refractivity contribution in [3.8, 4) is 0 Å². The van der Waals surface area contributed by atoms with Gasteiger partial charge >= 0.3 is 0 Å². The fraction of sp³-hybridized carbons (Fsp3) is 0.533. The first-order valence-electron chi connectivity index (χ1n) is 7.22. The van der Waals surface area contributed by atoms with Crippen LogP contribution in [0.25, 0.3) is 0 Å². The molecule has 20 heavy (non-hydrogen) atoms. The molecule has 2 aliphatic rings. The number of rotatable bonds is 3. The minimum Gasteiger partial charge on any atom is -0.330 e. The van der Waals surface area contributed by atoms with Gasteiger partial charge in [-0.15, -0.1) is 0 Å². The molecule has 2 heterocycles. The number of likely N-dealkylation sites (N-methyl/N-ethyl adjacent to an activating group) is 1. The van der Waals surface area contributed by atoms with Gasteiger partial charge in [0, 0.05) is 18.8 Å². The molecule has 0 bridgehead atoms. The van der Waals surface area contributed by atoms with E-state index in [-0.39, 0.29) is 11.9 Å². The molecular weight excluding hydrogens is 252 g/mol. The molecule has 1 aromatic rings.